The van der Waals surface area contributed by atoms with Crippen molar-refractivity contribution in [2.24, 2.45) is 12.8 Å². The van der Waals surface area contributed by atoms with Gasteiger partial charge >= 0.3 is 6.03 Å². The molecule has 0 saturated carbocycles. The number of hydrogen-bond donors (Lipinski definition) is 3. The molecule has 4 rings (SSSR count). The van der Waals surface area contributed by atoms with Crippen LogP contribution in [0, 0.1) is 0 Å². The summed E-state index contributed by atoms with van der Waals surface area (Å²) in [5.41, 5.74) is 9.16. The molecule has 0 radical (unpaired) electrons. The molecule has 1 saturated heterocycles. The summed E-state index contributed by atoms with van der Waals surface area (Å²) in [7, 11) is 1.99. The molecule has 2 amide bonds. The predicted octanol–water partition coefficient (Wildman–Crippen LogP) is 2.06. The maximum Gasteiger partial charge on any atom is 0.317 e. The van der Waals surface area contributed by atoms with Crippen LogP contribution in [0.3, 0.4) is 0 Å². The van der Waals surface area contributed by atoms with Crippen LogP contribution in [0.2, 0.25) is 0 Å². The van der Waals surface area contributed by atoms with Gasteiger partial charge in [0.2, 0.25) is 0 Å². The van der Waals surface area contributed by atoms with Crippen molar-refractivity contribution in [3.05, 3.63) is 29.3 Å². The van der Waals surface area contributed by atoms with E-state index >= 15 is 0 Å². The van der Waals surface area contributed by atoms with E-state index in [9.17, 15) is 4.79 Å². The summed E-state index contributed by atoms with van der Waals surface area (Å²) in [6, 6.07) is 6.44. The summed E-state index contributed by atoms with van der Waals surface area (Å²) in [6.45, 7) is 1.08. The number of anilines is 1. The van der Waals surface area contributed by atoms with Crippen LogP contribution in [-0.4, -0.2) is 23.2 Å². The summed E-state index contributed by atoms with van der Waals surface area (Å²) < 4.78 is 2.05. The van der Waals surface area contributed by atoms with Crippen molar-refractivity contribution in [2.45, 2.75) is 31.2 Å². The van der Waals surface area contributed by atoms with Crippen molar-refractivity contribution < 1.29 is 4.79 Å². The highest BCUT2D eigenvalue weighted by atomic mass is 16.2. The van der Waals surface area contributed by atoms with Crippen LogP contribution in [-0.2, 0) is 13.5 Å². The van der Waals surface area contributed by atoms with Crippen molar-refractivity contribution in [1.82, 2.24) is 9.88 Å². The second kappa shape index (κ2) is 4.49. The molecule has 2 heterocycles. The Kier molecular flexibility index (Phi) is 2.72. The Morgan fingerprint density at radius 3 is 3.14 bits per heavy atom. The first-order chi connectivity index (χ1) is 10.2. The lowest BCUT2D eigenvalue weighted by molar-refractivity contribution is 0.259. The number of amides is 2. The monoisotopic (exact) mass is 284 g/mol. The van der Waals surface area contributed by atoms with Crippen LogP contribution in [0.15, 0.2) is 18.2 Å². The van der Waals surface area contributed by atoms with Gasteiger partial charge in [0.1, 0.15) is 5.82 Å². The molecule has 21 heavy (non-hydrogen) atoms. The Labute approximate surface area is 123 Å². The van der Waals surface area contributed by atoms with Crippen LogP contribution in [0.4, 0.5) is 10.6 Å². The molecule has 0 spiro atoms. The summed E-state index contributed by atoms with van der Waals surface area (Å²) in [5, 5.41) is 7.77. The number of aryl methyl sites for hydroxylation is 1. The molecule has 1 unspecified atom stereocenters. The van der Waals surface area contributed by atoms with Gasteiger partial charge in [0.25, 0.3) is 0 Å². The standard InChI is InChI=1S/C16H20N4O/c1-20-13-6-2-4-10-9-5-3-7-18-12(9)8-11(14(10)13)15(20)19-16(17)21/h2,4,6,9,12,18H,3,5,7-8H2,1H3,(H3,17,19,21)/t9?,12-/m1/s1. The van der Waals surface area contributed by atoms with Crippen LogP contribution in [0.5, 0.6) is 0 Å². The fourth-order valence-electron chi connectivity index (χ4n) is 4.15. The molecular formula is C16H20N4O. The highest BCUT2D eigenvalue weighted by Gasteiger charge is 2.35. The van der Waals surface area contributed by atoms with E-state index in [0.717, 1.165) is 18.8 Å². The molecular weight excluding hydrogens is 264 g/mol. The molecule has 1 aromatic carbocycles. The van der Waals surface area contributed by atoms with Crippen LogP contribution < -0.4 is 16.4 Å². The lowest BCUT2D eigenvalue weighted by Crippen LogP contribution is -2.43. The van der Waals surface area contributed by atoms with Gasteiger partial charge in [0.05, 0.1) is 0 Å². The normalized spacial score (nSPS) is 23.9. The fraction of sp³-hybridized carbons (Fsp3) is 0.438. The molecule has 110 valence electrons. The van der Waals surface area contributed by atoms with E-state index in [4.69, 9.17) is 5.73 Å². The van der Waals surface area contributed by atoms with Crippen molar-refractivity contribution in [2.75, 3.05) is 11.9 Å². The Morgan fingerprint density at radius 1 is 1.48 bits per heavy atom. The van der Waals surface area contributed by atoms with Crippen LogP contribution in [0.25, 0.3) is 10.9 Å². The maximum absolute atomic E-state index is 11.3. The summed E-state index contributed by atoms with van der Waals surface area (Å²) in [6.07, 6.45) is 3.42. The number of carbonyl (C=O) groups excluding carboxylic acids is 1. The Balaban J connectivity index is 1.97. The predicted molar refractivity (Wildman–Crippen MR) is 83.6 cm³/mol. The topological polar surface area (TPSA) is 72.1 Å². The minimum Gasteiger partial charge on any atom is -0.351 e. The highest BCUT2D eigenvalue weighted by molar-refractivity contribution is 5.98. The number of piperidine rings is 1. The third kappa shape index (κ3) is 1.77. The molecule has 5 heteroatoms. The zero-order chi connectivity index (χ0) is 14.6. The van der Waals surface area contributed by atoms with E-state index in [-0.39, 0.29) is 0 Å². The van der Waals surface area contributed by atoms with Crippen LogP contribution >= 0.6 is 0 Å². The number of primary amides is 1. The average molecular weight is 284 g/mol. The van der Waals surface area contributed by atoms with E-state index < -0.39 is 6.03 Å². The molecule has 1 aromatic heterocycles. The number of fused-ring (bicyclic) bond motifs is 2. The summed E-state index contributed by atoms with van der Waals surface area (Å²) in [4.78, 5) is 11.3. The third-order valence-corrected chi connectivity index (χ3v) is 5.01. The number of nitrogens with one attached hydrogen (secondary N) is 2. The minimum absolute atomic E-state index is 0.465. The number of benzene rings is 1. The number of rotatable bonds is 1. The SMILES string of the molecule is Cn1c(NC(N)=O)c2c3c(cccc31)C1CCCN[C@@H]1C2. The number of nitrogens with zero attached hydrogens (tertiary/aromatic N) is 1. The lowest BCUT2D eigenvalue weighted by Gasteiger charge is -2.36. The first-order valence-corrected chi connectivity index (χ1v) is 7.57. The maximum atomic E-state index is 11.3. The largest absolute Gasteiger partial charge is 0.351 e. The first-order valence-electron chi connectivity index (χ1n) is 7.57. The lowest BCUT2D eigenvalue weighted by atomic mass is 9.76. The second-order valence-electron chi connectivity index (χ2n) is 6.13. The molecule has 2 atom stereocenters. The van der Waals surface area contributed by atoms with Crippen LogP contribution in [0.1, 0.15) is 29.9 Å². The number of urea groups is 1. The van der Waals surface area contributed by atoms with Crippen molar-refractivity contribution in [1.29, 1.82) is 0 Å². The Hall–Kier alpha value is -2.01. The van der Waals surface area contributed by atoms with Gasteiger partial charge in [-0.2, -0.15) is 0 Å². The van der Waals surface area contributed by atoms with Gasteiger partial charge in [-0.3, -0.25) is 5.32 Å². The molecule has 0 bridgehead atoms. The van der Waals surface area contributed by atoms with Crippen molar-refractivity contribution in [3.63, 3.8) is 0 Å². The molecule has 2 aromatic rings. The zero-order valence-electron chi connectivity index (χ0n) is 12.1. The molecule has 1 fully saturated rings. The molecule has 5 nitrogen and oxygen atoms in total. The Morgan fingerprint density at radius 2 is 2.33 bits per heavy atom. The van der Waals surface area contributed by atoms with Gasteiger partial charge < -0.3 is 15.6 Å². The van der Waals surface area contributed by atoms with Gasteiger partial charge in [-0.15, -0.1) is 0 Å². The van der Waals surface area contributed by atoms with Gasteiger partial charge in [0.15, 0.2) is 0 Å². The summed E-state index contributed by atoms with van der Waals surface area (Å²) >= 11 is 0. The van der Waals surface area contributed by atoms with E-state index in [0.29, 0.717) is 12.0 Å². The number of hydrogen-bond acceptors (Lipinski definition) is 2. The molecule has 1 aliphatic heterocycles. The Bertz CT molecular complexity index is 733. The van der Waals surface area contributed by atoms with E-state index in [2.05, 4.69) is 33.4 Å². The van der Waals surface area contributed by atoms with Crippen molar-refractivity contribution in [3.8, 4) is 0 Å². The zero-order valence-corrected chi connectivity index (χ0v) is 12.1. The molecule has 2 aliphatic rings. The van der Waals surface area contributed by atoms with Gasteiger partial charge in [-0.05, 0) is 37.4 Å². The van der Waals surface area contributed by atoms with Crippen molar-refractivity contribution >= 4 is 22.8 Å². The number of nitrogens with two attached hydrogens (primary N) is 1. The average Bonchev–Trinajstić information content (AvgIpc) is 2.74. The van der Waals surface area contributed by atoms with Gasteiger partial charge in [-0.1, -0.05) is 12.1 Å². The van der Waals surface area contributed by atoms with Gasteiger partial charge in [-0.25, -0.2) is 4.79 Å². The second-order valence-corrected chi connectivity index (χ2v) is 6.13. The van der Waals surface area contributed by atoms with E-state index in [1.165, 1.54) is 34.9 Å². The van der Waals surface area contributed by atoms with E-state index in [1.54, 1.807) is 0 Å². The molecule has 1 aliphatic carbocycles. The number of carbonyl (C=O) groups is 1. The van der Waals surface area contributed by atoms with Gasteiger partial charge in [0, 0.05) is 35.5 Å². The highest BCUT2D eigenvalue weighted by Crippen LogP contribution is 2.44. The smallest absolute Gasteiger partial charge is 0.317 e. The van der Waals surface area contributed by atoms with E-state index in [1.807, 2.05) is 7.05 Å². The summed E-state index contributed by atoms with van der Waals surface area (Å²) in [5.74, 6) is 1.43. The quantitative estimate of drug-likeness (QED) is 0.750. The third-order valence-electron chi connectivity index (χ3n) is 5.01. The minimum atomic E-state index is -0.502. The molecule has 4 N–H and O–H groups in total. The number of aromatic nitrogens is 1. The fourth-order valence-corrected chi connectivity index (χ4v) is 4.15. The first kappa shape index (κ1) is 12.7.